The van der Waals surface area contributed by atoms with E-state index in [0.29, 0.717) is 0 Å². The van der Waals surface area contributed by atoms with E-state index in [1.54, 1.807) is 0 Å². The monoisotopic (exact) mass is 226 g/mol. The van der Waals surface area contributed by atoms with Gasteiger partial charge in [0.2, 0.25) is 0 Å². The van der Waals surface area contributed by atoms with Gasteiger partial charge in [0, 0.05) is 0 Å². The van der Waals surface area contributed by atoms with Crippen molar-refractivity contribution < 1.29 is 4.43 Å². The summed E-state index contributed by atoms with van der Waals surface area (Å²) in [7, 11) is -2.30. The molecule has 1 rings (SSSR count). The summed E-state index contributed by atoms with van der Waals surface area (Å²) in [5.41, 5.74) is 0.165. The molecule has 1 heterocycles. The Morgan fingerprint density at radius 2 is 1.54 bits per heavy atom. The molecule has 0 aliphatic carbocycles. The van der Waals surface area contributed by atoms with Crippen molar-refractivity contribution in [2.24, 2.45) is 0 Å². The fourth-order valence-electron chi connectivity index (χ4n) is 1.79. The average molecular weight is 226 g/mol. The van der Waals surface area contributed by atoms with Gasteiger partial charge in [-0.15, -0.1) is 0 Å². The zero-order valence-corrected chi connectivity index (χ0v) is 11.3. The summed E-state index contributed by atoms with van der Waals surface area (Å²) in [6.07, 6.45) is 1.27. The third-order valence-corrected chi connectivity index (χ3v) is 20.2. The van der Waals surface area contributed by atoms with Crippen LogP contribution < -0.4 is 0 Å². The second kappa shape index (κ2) is 4.10. The average Bonchev–Trinajstić information content (AvgIpc) is 1.79. The predicted molar refractivity (Wildman–Crippen MR) is 66.7 cm³/mol. The van der Waals surface area contributed by atoms with E-state index in [0.717, 1.165) is 0 Å². The van der Waals surface area contributed by atoms with E-state index >= 15 is 0 Å². The number of hydrogen-bond donors (Lipinski definition) is 0. The molecule has 0 amide bonds. The van der Waals surface area contributed by atoms with Crippen molar-refractivity contribution >= 4 is 45.0 Å². The minimum atomic E-state index is -1.31. The summed E-state index contributed by atoms with van der Waals surface area (Å²) in [5.74, 6) is 0. The molecule has 0 N–H and O–H groups in total. The normalized spacial score (nSPS) is 29.1. The van der Waals surface area contributed by atoms with Crippen LogP contribution >= 0.6 is 0 Å². The van der Waals surface area contributed by atoms with Crippen LogP contribution in [0.3, 0.4) is 0 Å². The molecule has 0 atom stereocenters. The predicted octanol–water partition coefficient (Wildman–Crippen LogP) is 2.53. The molecule has 0 spiro atoms. The zero-order valence-electron chi connectivity index (χ0n) is 9.32. The van der Waals surface area contributed by atoms with Gasteiger partial charge in [-0.3, -0.25) is 0 Å². The third kappa shape index (κ3) is 3.18. The van der Waals surface area contributed by atoms with Gasteiger partial charge in [0.1, 0.15) is 0 Å². The van der Waals surface area contributed by atoms with Crippen molar-refractivity contribution in [1.82, 2.24) is 0 Å². The summed E-state index contributed by atoms with van der Waals surface area (Å²) >= 11 is 0. The molecule has 1 aliphatic rings. The van der Waals surface area contributed by atoms with Gasteiger partial charge in [0.25, 0.3) is 0 Å². The van der Waals surface area contributed by atoms with Gasteiger partial charge in [-0.25, -0.2) is 0 Å². The molecular weight excluding hydrogens is 203 g/mol. The van der Waals surface area contributed by atoms with Crippen LogP contribution in [-0.4, -0.2) is 50.6 Å². The van der Waals surface area contributed by atoms with Crippen molar-refractivity contribution in [3.05, 3.63) is 0 Å². The van der Waals surface area contributed by atoms with Crippen LogP contribution in [0.4, 0.5) is 0 Å². The van der Waals surface area contributed by atoms with Crippen molar-refractivity contribution in [3.63, 3.8) is 0 Å². The molecule has 1 aliphatic heterocycles. The Labute approximate surface area is 107 Å². The van der Waals surface area contributed by atoms with Gasteiger partial charge in [0.05, 0.1) is 13.2 Å². The SMILES string of the molecule is CC1(C)CC[Si](C)(C)[Si](C)(C)O1.[NaH]. The molecular formula is C9H23NaOSi2. The van der Waals surface area contributed by atoms with Gasteiger partial charge in [0.15, 0.2) is 7.83 Å². The molecule has 1 fully saturated rings. The molecule has 0 aromatic heterocycles. The molecule has 74 valence electrons. The fraction of sp³-hybridized carbons (Fsp3) is 1.00. The molecule has 0 radical (unpaired) electrons. The zero-order chi connectivity index (χ0) is 9.62. The Kier molecular flexibility index (Phi) is 4.54. The van der Waals surface area contributed by atoms with E-state index in [2.05, 4.69) is 40.0 Å². The quantitative estimate of drug-likeness (QED) is 0.577. The van der Waals surface area contributed by atoms with Crippen LogP contribution in [-0.2, 0) is 4.43 Å². The molecule has 4 heteroatoms. The Bertz CT molecular complexity index is 190. The van der Waals surface area contributed by atoms with Crippen molar-refractivity contribution in [2.75, 3.05) is 0 Å². The summed E-state index contributed by atoms with van der Waals surface area (Å²) in [6, 6.07) is 1.46. The molecule has 0 saturated carbocycles. The van der Waals surface area contributed by atoms with E-state index in [-0.39, 0.29) is 35.2 Å². The van der Waals surface area contributed by atoms with Gasteiger partial charge in [-0.1, -0.05) is 19.1 Å². The van der Waals surface area contributed by atoms with Crippen LogP contribution in [0, 0.1) is 0 Å². The third-order valence-electron chi connectivity index (χ3n) is 3.51. The van der Waals surface area contributed by atoms with Gasteiger partial charge in [-0.05, 0) is 33.4 Å². The second-order valence-corrected chi connectivity index (χ2v) is 20.9. The topological polar surface area (TPSA) is 9.23 Å². The van der Waals surface area contributed by atoms with Crippen LogP contribution in [0.1, 0.15) is 20.3 Å². The second-order valence-electron chi connectivity index (χ2n) is 5.76. The summed E-state index contributed by atoms with van der Waals surface area (Å²) < 4.78 is 6.28. The maximum absolute atomic E-state index is 6.28. The van der Waals surface area contributed by atoms with Crippen LogP contribution in [0.5, 0.6) is 0 Å². The molecule has 0 unspecified atom stereocenters. The Morgan fingerprint density at radius 3 is 1.85 bits per heavy atom. The fourth-order valence-corrected chi connectivity index (χ4v) is 9.22. The first kappa shape index (κ1) is 14.4. The van der Waals surface area contributed by atoms with E-state index < -0.39 is 15.4 Å². The molecule has 13 heavy (non-hydrogen) atoms. The van der Waals surface area contributed by atoms with Gasteiger partial charge in [-0.2, -0.15) is 0 Å². The molecule has 1 saturated heterocycles. The summed E-state index contributed by atoms with van der Waals surface area (Å²) in [4.78, 5) is 0. The van der Waals surface area contributed by atoms with Crippen LogP contribution in [0.25, 0.3) is 0 Å². The van der Waals surface area contributed by atoms with Gasteiger partial charge < -0.3 is 4.43 Å². The van der Waals surface area contributed by atoms with Crippen molar-refractivity contribution in [3.8, 4) is 0 Å². The molecule has 0 aromatic rings. The molecule has 1 nitrogen and oxygen atoms in total. The number of hydrogen-bond acceptors (Lipinski definition) is 1. The van der Waals surface area contributed by atoms with Gasteiger partial charge >= 0.3 is 29.6 Å². The first-order valence-corrected chi connectivity index (χ1v) is 12.0. The number of rotatable bonds is 0. The summed E-state index contributed by atoms with van der Waals surface area (Å²) in [6.45, 7) is 14.3. The first-order chi connectivity index (χ1) is 5.16. The van der Waals surface area contributed by atoms with Crippen molar-refractivity contribution in [1.29, 1.82) is 0 Å². The maximum atomic E-state index is 6.28. The van der Waals surface area contributed by atoms with E-state index in [4.69, 9.17) is 4.43 Å². The van der Waals surface area contributed by atoms with Crippen molar-refractivity contribution in [2.45, 2.75) is 58.1 Å². The Hall–Kier alpha value is 1.39. The van der Waals surface area contributed by atoms with Crippen LogP contribution in [0.2, 0.25) is 32.2 Å². The Balaban J connectivity index is 0.00000144. The van der Waals surface area contributed by atoms with E-state index in [9.17, 15) is 0 Å². The summed E-state index contributed by atoms with van der Waals surface area (Å²) in [5, 5.41) is 0. The molecule has 0 bridgehead atoms. The van der Waals surface area contributed by atoms with E-state index in [1.807, 2.05) is 0 Å². The van der Waals surface area contributed by atoms with E-state index in [1.165, 1.54) is 12.5 Å². The standard InChI is InChI=1S/C9H22OSi2.Na.H/c1-9(2)7-8-11(3,4)12(5,6)10-9;;/h7-8H2,1-6H3;;. The first-order valence-electron chi connectivity index (χ1n) is 4.87. The Morgan fingerprint density at radius 1 is 1.08 bits per heavy atom. The minimum absolute atomic E-state index is 0. The van der Waals surface area contributed by atoms with Crippen LogP contribution in [0.15, 0.2) is 0 Å². The molecule has 0 aromatic carbocycles.